The van der Waals surface area contributed by atoms with Crippen LogP contribution in [0.2, 0.25) is 0 Å². The number of halogens is 3. The summed E-state index contributed by atoms with van der Waals surface area (Å²) in [5.74, 6) is -0.378. The van der Waals surface area contributed by atoms with Crippen molar-refractivity contribution in [2.45, 2.75) is 19.5 Å². The van der Waals surface area contributed by atoms with E-state index in [1.165, 1.54) is 18.2 Å². The van der Waals surface area contributed by atoms with Crippen LogP contribution in [-0.2, 0) is 4.79 Å². The average molecular weight is 410 g/mol. The van der Waals surface area contributed by atoms with Crippen molar-refractivity contribution in [3.8, 4) is 11.5 Å². The third kappa shape index (κ3) is 7.73. The summed E-state index contributed by atoms with van der Waals surface area (Å²) < 4.78 is 47.7. The minimum Gasteiger partial charge on any atom is -0.494 e. The predicted octanol–water partition coefficient (Wildman–Crippen LogP) is 3.79. The number of benzene rings is 2. The number of nitrogens with one attached hydrogen (secondary N) is 2. The van der Waals surface area contributed by atoms with Crippen molar-refractivity contribution < 1.29 is 32.2 Å². The zero-order valence-electron chi connectivity index (χ0n) is 15.7. The van der Waals surface area contributed by atoms with E-state index in [1.54, 1.807) is 35.6 Å². The van der Waals surface area contributed by atoms with Crippen LogP contribution in [0, 0.1) is 0 Å². The molecule has 0 heterocycles. The molecule has 0 aliphatic rings. The third-order valence-electron chi connectivity index (χ3n) is 3.56. The Morgan fingerprint density at radius 1 is 0.966 bits per heavy atom. The fourth-order valence-corrected chi connectivity index (χ4v) is 2.25. The smallest absolute Gasteiger partial charge is 0.405 e. The Labute approximate surface area is 166 Å². The maximum atomic E-state index is 12.3. The van der Waals surface area contributed by atoms with Gasteiger partial charge < -0.3 is 20.1 Å². The highest BCUT2D eigenvalue weighted by atomic mass is 19.4. The highest BCUT2D eigenvalue weighted by molar-refractivity contribution is 6.04. The van der Waals surface area contributed by atoms with E-state index in [0.29, 0.717) is 18.1 Å². The Balaban J connectivity index is 1.91. The summed E-state index contributed by atoms with van der Waals surface area (Å²) in [6.07, 6.45) is -3.65. The number of amides is 2. The van der Waals surface area contributed by atoms with Gasteiger partial charge in [-0.1, -0.05) is 19.1 Å². The van der Waals surface area contributed by atoms with Crippen LogP contribution in [0.5, 0.6) is 11.5 Å². The van der Waals surface area contributed by atoms with Crippen molar-refractivity contribution in [1.82, 2.24) is 5.32 Å². The lowest BCUT2D eigenvalue weighted by molar-refractivity contribution is -0.123. The summed E-state index contributed by atoms with van der Waals surface area (Å²) in [7, 11) is 0. The number of hydrogen-bond acceptors (Lipinski definition) is 4. The maximum absolute atomic E-state index is 12.3. The molecule has 0 aliphatic carbocycles. The molecule has 0 aromatic heterocycles. The molecule has 2 aromatic carbocycles. The van der Waals surface area contributed by atoms with Crippen molar-refractivity contribution in [2.24, 2.45) is 0 Å². The molecule has 0 radical (unpaired) electrons. The largest absolute Gasteiger partial charge is 0.494 e. The third-order valence-corrected chi connectivity index (χ3v) is 3.56. The number of anilines is 1. The van der Waals surface area contributed by atoms with Gasteiger partial charge in [-0.15, -0.1) is 0 Å². The Morgan fingerprint density at radius 2 is 1.59 bits per heavy atom. The van der Waals surface area contributed by atoms with E-state index in [-0.39, 0.29) is 17.9 Å². The molecule has 0 atom stereocenters. The Morgan fingerprint density at radius 3 is 2.21 bits per heavy atom. The van der Waals surface area contributed by atoms with Gasteiger partial charge in [0.25, 0.3) is 11.8 Å². The number of carbonyl (C=O) groups is 2. The molecule has 29 heavy (non-hydrogen) atoms. The van der Waals surface area contributed by atoms with Crippen molar-refractivity contribution in [3.05, 3.63) is 54.1 Å². The highest BCUT2D eigenvalue weighted by Gasteiger charge is 2.28. The van der Waals surface area contributed by atoms with E-state index in [0.717, 1.165) is 6.42 Å². The lowest BCUT2D eigenvalue weighted by Crippen LogP contribution is -2.34. The molecule has 0 fully saturated rings. The molecule has 2 aromatic rings. The van der Waals surface area contributed by atoms with Crippen molar-refractivity contribution >= 4 is 17.5 Å². The quantitative estimate of drug-likeness (QED) is 0.660. The number of para-hydroxylation sites is 1. The van der Waals surface area contributed by atoms with Gasteiger partial charge in [-0.3, -0.25) is 9.59 Å². The van der Waals surface area contributed by atoms with Gasteiger partial charge in [-0.05, 0) is 42.8 Å². The second kappa shape index (κ2) is 10.4. The summed E-state index contributed by atoms with van der Waals surface area (Å²) in [5, 5.41) is 4.24. The zero-order valence-corrected chi connectivity index (χ0v) is 15.7. The van der Waals surface area contributed by atoms with Gasteiger partial charge in [-0.25, -0.2) is 0 Å². The second-order valence-electron chi connectivity index (χ2n) is 6.00. The maximum Gasteiger partial charge on any atom is 0.405 e. The molecule has 0 aliphatic heterocycles. The second-order valence-corrected chi connectivity index (χ2v) is 6.00. The molecule has 0 saturated carbocycles. The molecule has 156 valence electrons. The fourth-order valence-electron chi connectivity index (χ4n) is 2.25. The first-order chi connectivity index (χ1) is 13.8. The monoisotopic (exact) mass is 410 g/mol. The molecule has 2 N–H and O–H groups in total. The van der Waals surface area contributed by atoms with Gasteiger partial charge in [-0.2, -0.15) is 13.2 Å². The average Bonchev–Trinajstić information content (AvgIpc) is 2.69. The van der Waals surface area contributed by atoms with Crippen LogP contribution >= 0.6 is 0 Å². The van der Waals surface area contributed by atoms with E-state index in [4.69, 9.17) is 9.47 Å². The molecule has 2 rings (SSSR count). The number of carbonyl (C=O) groups excluding carboxylic acids is 2. The summed E-state index contributed by atoms with van der Waals surface area (Å²) in [6.45, 7) is 0.787. The van der Waals surface area contributed by atoms with E-state index in [9.17, 15) is 22.8 Å². The topological polar surface area (TPSA) is 76.7 Å². The zero-order chi connectivity index (χ0) is 21.3. The highest BCUT2D eigenvalue weighted by Crippen LogP contribution is 2.19. The van der Waals surface area contributed by atoms with Gasteiger partial charge in [0.2, 0.25) is 0 Å². The predicted molar refractivity (Wildman–Crippen MR) is 101 cm³/mol. The van der Waals surface area contributed by atoms with Crippen molar-refractivity contribution in [3.63, 3.8) is 0 Å². The SMILES string of the molecule is CCCOc1ccc(OCC(=O)Nc2ccccc2C(=O)NCC(F)(F)F)cc1. The number of rotatable bonds is 9. The molecule has 6 nitrogen and oxygen atoms in total. The van der Waals surface area contributed by atoms with E-state index in [1.807, 2.05) is 6.92 Å². The van der Waals surface area contributed by atoms with Crippen LogP contribution in [-0.4, -0.2) is 37.7 Å². The Kier molecular flexibility index (Phi) is 7.88. The Hall–Kier alpha value is -3.23. The molecule has 0 unspecified atom stereocenters. The van der Waals surface area contributed by atoms with Crippen LogP contribution in [0.4, 0.5) is 18.9 Å². The summed E-state index contributed by atoms with van der Waals surface area (Å²) in [5.41, 5.74) is 0.00612. The lowest BCUT2D eigenvalue weighted by atomic mass is 10.1. The van der Waals surface area contributed by atoms with Gasteiger partial charge >= 0.3 is 6.18 Å². The number of alkyl halides is 3. The summed E-state index contributed by atoms with van der Waals surface area (Å²) in [4.78, 5) is 24.1. The fraction of sp³-hybridized carbons (Fsp3) is 0.300. The standard InChI is InChI=1S/C20H21F3N2O4/c1-2-11-28-14-7-9-15(10-8-14)29-12-18(26)25-17-6-4-3-5-16(17)19(27)24-13-20(21,22)23/h3-10H,2,11-13H2,1H3,(H,24,27)(H,25,26). The molecular formula is C20H21F3N2O4. The Bertz CT molecular complexity index is 823. The van der Waals surface area contributed by atoms with Gasteiger partial charge in [0, 0.05) is 0 Å². The van der Waals surface area contributed by atoms with Gasteiger partial charge in [0.1, 0.15) is 18.0 Å². The van der Waals surface area contributed by atoms with Crippen molar-refractivity contribution in [1.29, 1.82) is 0 Å². The van der Waals surface area contributed by atoms with Crippen LogP contribution in [0.1, 0.15) is 23.7 Å². The summed E-state index contributed by atoms with van der Waals surface area (Å²) in [6, 6.07) is 12.5. The van der Waals surface area contributed by atoms with Crippen LogP contribution in [0.25, 0.3) is 0 Å². The van der Waals surface area contributed by atoms with Gasteiger partial charge in [0.15, 0.2) is 6.61 Å². The molecule has 0 saturated heterocycles. The minimum absolute atomic E-state index is 0.0810. The molecular weight excluding hydrogens is 389 g/mol. The van der Waals surface area contributed by atoms with Crippen LogP contribution < -0.4 is 20.1 Å². The van der Waals surface area contributed by atoms with Crippen LogP contribution in [0.15, 0.2) is 48.5 Å². The van der Waals surface area contributed by atoms with Crippen molar-refractivity contribution in [2.75, 3.05) is 25.1 Å². The summed E-state index contributed by atoms with van der Waals surface area (Å²) >= 11 is 0. The minimum atomic E-state index is -4.53. The van der Waals surface area contributed by atoms with E-state index in [2.05, 4.69) is 5.32 Å². The molecule has 0 spiro atoms. The first-order valence-electron chi connectivity index (χ1n) is 8.88. The molecule has 0 bridgehead atoms. The number of ether oxygens (including phenoxy) is 2. The molecule has 2 amide bonds. The number of hydrogen-bond donors (Lipinski definition) is 2. The van der Waals surface area contributed by atoms with E-state index >= 15 is 0 Å². The molecule has 9 heteroatoms. The van der Waals surface area contributed by atoms with Crippen LogP contribution in [0.3, 0.4) is 0 Å². The normalized spacial score (nSPS) is 10.9. The van der Waals surface area contributed by atoms with Gasteiger partial charge in [0.05, 0.1) is 17.9 Å². The lowest BCUT2D eigenvalue weighted by Gasteiger charge is -2.13. The van der Waals surface area contributed by atoms with E-state index < -0.39 is 24.5 Å². The first kappa shape index (κ1) is 22.1. The first-order valence-corrected chi connectivity index (χ1v) is 8.88.